The van der Waals surface area contributed by atoms with Crippen molar-refractivity contribution in [3.8, 4) is 0 Å². The van der Waals surface area contributed by atoms with Gasteiger partial charge in [-0.25, -0.2) is 4.79 Å². The molecule has 0 radical (unpaired) electrons. The number of nitrogens with one attached hydrogen (secondary N) is 2. The molecule has 7 nitrogen and oxygen atoms in total. The minimum Gasteiger partial charge on any atom is -0.307 e. The predicted octanol–water partition coefficient (Wildman–Crippen LogP) is 0.125. The summed E-state index contributed by atoms with van der Waals surface area (Å²) >= 11 is 0. The van der Waals surface area contributed by atoms with E-state index in [1.54, 1.807) is 0 Å². The van der Waals surface area contributed by atoms with Crippen molar-refractivity contribution in [3.05, 3.63) is 49.2 Å². The summed E-state index contributed by atoms with van der Waals surface area (Å²) in [5.74, 6) is 0. The van der Waals surface area contributed by atoms with E-state index in [2.05, 4.69) is 4.98 Å². The van der Waals surface area contributed by atoms with Crippen LogP contribution in [0, 0.1) is 10.1 Å². The van der Waals surface area contributed by atoms with Crippen LogP contribution in [-0.2, 0) is 0 Å². The molecule has 2 aromatic rings. The van der Waals surface area contributed by atoms with Crippen LogP contribution >= 0.6 is 0 Å². The lowest BCUT2D eigenvalue weighted by Crippen LogP contribution is -2.21. The number of rotatable bonds is 1. The molecule has 0 unspecified atom stereocenters. The average molecular weight is 207 g/mol. The topological polar surface area (TPSA) is 109 Å². The lowest BCUT2D eigenvalue weighted by molar-refractivity contribution is -0.384. The Labute approximate surface area is 81.5 Å². The molecule has 0 aliphatic rings. The maximum Gasteiger partial charge on any atom is 0.326 e. The highest BCUT2D eigenvalue weighted by atomic mass is 16.6. The number of hydrogen-bond donors (Lipinski definition) is 2. The monoisotopic (exact) mass is 207 g/mol. The van der Waals surface area contributed by atoms with Crippen molar-refractivity contribution >= 4 is 16.6 Å². The Morgan fingerprint density at radius 1 is 1.20 bits per heavy atom. The third-order valence-electron chi connectivity index (χ3n) is 1.93. The van der Waals surface area contributed by atoms with Crippen molar-refractivity contribution in [2.24, 2.45) is 0 Å². The molecule has 1 aromatic carbocycles. The first-order valence-corrected chi connectivity index (χ1v) is 3.99. The molecule has 1 heterocycles. The Bertz CT molecular complexity index is 655. The average Bonchev–Trinajstić information content (AvgIpc) is 2.16. The molecule has 0 saturated carbocycles. The summed E-state index contributed by atoms with van der Waals surface area (Å²) in [7, 11) is 0. The molecule has 1 aromatic heterocycles. The third-order valence-corrected chi connectivity index (χ3v) is 1.93. The second-order valence-corrected chi connectivity index (χ2v) is 2.90. The Morgan fingerprint density at radius 3 is 2.60 bits per heavy atom. The Kier molecular flexibility index (Phi) is 1.86. The minimum absolute atomic E-state index is 0.151. The van der Waals surface area contributed by atoms with Crippen LogP contribution in [0.25, 0.3) is 10.9 Å². The van der Waals surface area contributed by atoms with E-state index in [1.807, 2.05) is 4.98 Å². The van der Waals surface area contributed by atoms with Crippen molar-refractivity contribution in [2.75, 3.05) is 0 Å². The summed E-state index contributed by atoms with van der Waals surface area (Å²) in [6.45, 7) is 0. The summed E-state index contributed by atoms with van der Waals surface area (Å²) in [5, 5.41) is 10.7. The Morgan fingerprint density at radius 2 is 1.93 bits per heavy atom. The van der Waals surface area contributed by atoms with E-state index in [0.29, 0.717) is 0 Å². The lowest BCUT2D eigenvalue weighted by atomic mass is 10.2. The Balaban J connectivity index is 2.88. The van der Waals surface area contributed by atoms with E-state index in [-0.39, 0.29) is 16.6 Å². The van der Waals surface area contributed by atoms with Gasteiger partial charge in [0.25, 0.3) is 11.2 Å². The summed E-state index contributed by atoms with van der Waals surface area (Å²) in [6, 6.07) is 3.64. The van der Waals surface area contributed by atoms with E-state index in [0.717, 1.165) is 6.07 Å². The number of nitro groups is 1. The molecule has 0 amide bonds. The maximum absolute atomic E-state index is 11.2. The number of fused-ring (bicyclic) bond motifs is 1. The number of aromatic nitrogens is 2. The number of benzene rings is 1. The smallest absolute Gasteiger partial charge is 0.307 e. The third kappa shape index (κ3) is 1.50. The first-order chi connectivity index (χ1) is 7.08. The molecule has 15 heavy (non-hydrogen) atoms. The van der Waals surface area contributed by atoms with Crippen LogP contribution in [0.1, 0.15) is 0 Å². The molecule has 0 aliphatic carbocycles. The van der Waals surface area contributed by atoms with Crippen molar-refractivity contribution in [2.45, 2.75) is 0 Å². The highest BCUT2D eigenvalue weighted by Crippen LogP contribution is 2.14. The van der Waals surface area contributed by atoms with Crippen molar-refractivity contribution in [1.29, 1.82) is 0 Å². The Hall–Kier alpha value is -2.44. The molecule has 0 fully saturated rings. The fraction of sp³-hybridized carbons (Fsp3) is 0. The standard InChI is InChI=1S/C8H5N3O4/c12-7-5-2-1-4(11(14)15)3-6(5)9-8(13)10-7/h1-3H,(H2,9,10,12,13). The minimum atomic E-state index is -0.687. The van der Waals surface area contributed by atoms with Gasteiger partial charge in [-0.3, -0.25) is 19.9 Å². The summed E-state index contributed by atoms with van der Waals surface area (Å²) in [6.07, 6.45) is 0. The molecule has 0 spiro atoms. The van der Waals surface area contributed by atoms with Gasteiger partial charge in [-0.1, -0.05) is 0 Å². The van der Waals surface area contributed by atoms with Crippen LogP contribution in [0.4, 0.5) is 5.69 Å². The normalized spacial score (nSPS) is 10.4. The van der Waals surface area contributed by atoms with Gasteiger partial charge >= 0.3 is 5.69 Å². The van der Waals surface area contributed by atoms with E-state index < -0.39 is 16.2 Å². The number of non-ortho nitro benzene ring substituents is 1. The van der Waals surface area contributed by atoms with Crippen molar-refractivity contribution in [1.82, 2.24) is 9.97 Å². The van der Waals surface area contributed by atoms with Gasteiger partial charge in [-0.2, -0.15) is 0 Å². The van der Waals surface area contributed by atoms with Gasteiger partial charge in [0, 0.05) is 12.1 Å². The fourth-order valence-corrected chi connectivity index (χ4v) is 1.27. The molecule has 0 aliphatic heterocycles. The van der Waals surface area contributed by atoms with Crippen LogP contribution in [-0.4, -0.2) is 14.9 Å². The molecule has 76 valence electrons. The number of hydrogen-bond acceptors (Lipinski definition) is 4. The molecule has 0 bridgehead atoms. The van der Waals surface area contributed by atoms with Crippen LogP contribution < -0.4 is 11.2 Å². The first-order valence-electron chi connectivity index (χ1n) is 3.99. The summed E-state index contributed by atoms with van der Waals surface area (Å²) in [4.78, 5) is 36.3. The highest BCUT2D eigenvalue weighted by Gasteiger charge is 2.08. The number of nitro benzene ring substituents is 1. The van der Waals surface area contributed by atoms with E-state index in [4.69, 9.17) is 0 Å². The summed E-state index contributed by atoms with van der Waals surface area (Å²) < 4.78 is 0. The number of H-pyrrole nitrogens is 2. The van der Waals surface area contributed by atoms with Gasteiger partial charge in [-0.15, -0.1) is 0 Å². The molecular formula is C8H5N3O4. The van der Waals surface area contributed by atoms with Gasteiger partial charge in [0.15, 0.2) is 0 Å². The molecule has 0 saturated heterocycles. The van der Waals surface area contributed by atoms with Crippen LogP contribution in [0.2, 0.25) is 0 Å². The van der Waals surface area contributed by atoms with E-state index in [9.17, 15) is 19.7 Å². The maximum atomic E-state index is 11.2. The predicted molar refractivity (Wildman–Crippen MR) is 51.8 cm³/mol. The van der Waals surface area contributed by atoms with Gasteiger partial charge in [0.05, 0.1) is 15.8 Å². The molecule has 7 heteroatoms. The first kappa shape index (κ1) is 9.13. The molecule has 2 N–H and O–H groups in total. The second-order valence-electron chi connectivity index (χ2n) is 2.90. The second kappa shape index (κ2) is 3.05. The lowest BCUT2D eigenvalue weighted by Gasteiger charge is -1.95. The molecular weight excluding hydrogens is 202 g/mol. The van der Waals surface area contributed by atoms with Crippen molar-refractivity contribution < 1.29 is 4.92 Å². The quantitative estimate of drug-likeness (QED) is 0.511. The van der Waals surface area contributed by atoms with Crippen molar-refractivity contribution in [3.63, 3.8) is 0 Å². The van der Waals surface area contributed by atoms with Gasteiger partial charge in [0.1, 0.15) is 0 Å². The van der Waals surface area contributed by atoms with E-state index >= 15 is 0 Å². The van der Waals surface area contributed by atoms with Crippen LogP contribution in [0.15, 0.2) is 27.8 Å². The zero-order valence-corrected chi connectivity index (χ0v) is 7.31. The molecule has 0 atom stereocenters. The number of aromatic amines is 2. The van der Waals surface area contributed by atoms with Gasteiger partial charge in [-0.05, 0) is 6.07 Å². The summed E-state index contributed by atoms with van der Waals surface area (Å²) in [5.41, 5.74) is -1.28. The largest absolute Gasteiger partial charge is 0.326 e. The van der Waals surface area contributed by atoms with E-state index in [1.165, 1.54) is 12.1 Å². The molecule has 2 rings (SSSR count). The zero-order chi connectivity index (χ0) is 11.0. The highest BCUT2D eigenvalue weighted by molar-refractivity contribution is 5.79. The zero-order valence-electron chi connectivity index (χ0n) is 7.31. The SMILES string of the molecule is O=c1[nH]c(=O)c2ccc([N+](=O)[O-])cc2[nH]1. The van der Waals surface area contributed by atoms with Crippen LogP contribution in [0.3, 0.4) is 0 Å². The van der Waals surface area contributed by atoms with Gasteiger partial charge in [0.2, 0.25) is 0 Å². The van der Waals surface area contributed by atoms with Gasteiger partial charge < -0.3 is 4.98 Å². The fourth-order valence-electron chi connectivity index (χ4n) is 1.27. The van der Waals surface area contributed by atoms with Crippen LogP contribution in [0.5, 0.6) is 0 Å². The number of nitrogens with zero attached hydrogens (tertiary/aromatic N) is 1.